The first kappa shape index (κ1) is 14.7. The third kappa shape index (κ3) is 2.73. The van der Waals surface area contributed by atoms with Gasteiger partial charge in [0.05, 0.1) is 12.8 Å². The molecule has 4 rings (SSSR count). The molecule has 0 fully saturated rings. The number of amides is 1. The molecule has 3 aromatic rings. The van der Waals surface area contributed by atoms with Crippen molar-refractivity contribution in [3.05, 3.63) is 60.3 Å². The number of aryl methyl sites for hydroxylation is 1. The van der Waals surface area contributed by atoms with Crippen molar-refractivity contribution in [2.24, 2.45) is 5.92 Å². The number of hydrogen-bond donors (Lipinski definition) is 0. The van der Waals surface area contributed by atoms with Crippen LogP contribution in [0.3, 0.4) is 0 Å². The smallest absolute Gasteiger partial charge is 0.290 e. The zero-order chi connectivity index (χ0) is 16.5. The molecule has 0 unspecified atom stereocenters. The molecule has 1 aliphatic heterocycles. The number of aromatic nitrogens is 4. The van der Waals surface area contributed by atoms with Crippen LogP contribution in [-0.2, 0) is 19.6 Å². The van der Waals surface area contributed by atoms with E-state index in [1.54, 1.807) is 18.7 Å². The topological polar surface area (TPSA) is 69.1 Å². The highest BCUT2D eigenvalue weighted by Crippen LogP contribution is 2.20. The van der Waals surface area contributed by atoms with Gasteiger partial charge in [0.15, 0.2) is 5.76 Å². The van der Waals surface area contributed by atoms with Crippen molar-refractivity contribution in [3.8, 4) is 0 Å². The number of nitrogens with zero attached hydrogens (tertiary/aromatic N) is 5. The SMILES string of the molecule is Cc1ccoc1C(=O)N1Cc2nccn2C[C@H](Cn2cccn2)C1. The summed E-state index contributed by atoms with van der Waals surface area (Å²) in [6, 6.07) is 3.72. The maximum atomic E-state index is 12.9. The van der Waals surface area contributed by atoms with E-state index in [2.05, 4.69) is 14.6 Å². The zero-order valence-electron chi connectivity index (χ0n) is 13.5. The van der Waals surface area contributed by atoms with Gasteiger partial charge in [0, 0.05) is 55.9 Å². The van der Waals surface area contributed by atoms with Crippen LogP contribution in [0.4, 0.5) is 0 Å². The lowest BCUT2D eigenvalue weighted by atomic mass is 10.1. The number of carbonyl (C=O) groups excluding carboxylic acids is 1. The Bertz CT molecular complexity index is 833. The normalized spacial score (nSPS) is 17.5. The van der Waals surface area contributed by atoms with Crippen molar-refractivity contribution >= 4 is 5.91 Å². The summed E-state index contributed by atoms with van der Waals surface area (Å²) in [6.45, 7) is 4.59. The third-order valence-electron chi connectivity index (χ3n) is 4.42. The lowest BCUT2D eigenvalue weighted by Gasteiger charge is -2.23. The fourth-order valence-corrected chi connectivity index (χ4v) is 3.22. The second-order valence-corrected chi connectivity index (χ2v) is 6.21. The van der Waals surface area contributed by atoms with Gasteiger partial charge in [0.2, 0.25) is 0 Å². The van der Waals surface area contributed by atoms with Gasteiger partial charge < -0.3 is 13.9 Å². The first-order valence-electron chi connectivity index (χ1n) is 8.01. The van der Waals surface area contributed by atoms with Crippen LogP contribution in [0.1, 0.15) is 21.9 Å². The summed E-state index contributed by atoms with van der Waals surface area (Å²) in [4.78, 5) is 19.1. The molecule has 0 spiro atoms. The van der Waals surface area contributed by atoms with Crippen molar-refractivity contribution in [1.82, 2.24) is 24.2 Å². The largest absolute Gasteiger partial charge is 0.459 e. The van der Waals surface area contributed by atoms with Gasteiger partial charge in [-0.3, -0.25) is 9.48 Å². The first-order chi connectivity index (χ1) is 11.7. The molecule has 7 nitrogen and oxygen atoms in total. The predicted octanol–water partition coefficient (Wildman–Crippen LogP) is 1.95. The molecule has 0 saturated heterocycles. The number of imidazole rings is 1. The van der Waals surface area contributed by atoms with Gasteiger partial charge in [-0.2, -0.15) is 5.10 Å². The Morgan fingerprint density at radius 1 is 1.33 bits per heavy atom. The minimum atomic E-state index is -0.0839. The summed E-state index contributed by atoms with van der Waals surface area (Å²) in [7, 11) is 0. The van der Waals surface area contributed by atoms with Crippen molar-refractivity contribution in [3.63, 3.8) is 0 Å². The summed E-state index contributed by atoms with van der Waals surface area (Å²) in [5.74, 6) is 1.47. The van der Waals surface area contributed by atoms with E-state index in [0.717, 1.165) is 24.5 Å². The van der Waals surface area contributed by atoms with Crippen molar-refractivity contribution in [1.29, 1.82) is 0 Å². The second kappa shape index (κ2) is 5.99. The molecule has 24 heavy (non-hydrogen) atoms. The number of carbonyl (C=O) groups is 1. The van der Waals surface area contributed by atoms with Crippen LogP contribution in [0.2, 0.25) is 0 Å². The molecule has 0 aromatic carbocycles. The molecule has 3 aromatic heterocycles. The molecule has 1 atom stereocenters. The minimum Gasteiger partial charge on any atom is -0.459 e. The van der Waals surface area contributed by atoms with E-state index in [-0.39, 0.29) is 11.8 Å². The first-order valence-corrected chi connectivity index (χ1v) is 8.01. The van der Waals surface area contributed by atoms with E-state index in [9.17, 15) is 4.79 Å². The van der Waals surface area contributed by atoms with E-state index in [1.165, 1.54) is 0 Å². The van der Waals surface area contributed by atoms with Crippen LogP contribution in [0.15, 0.2) is 47.6 Å². The van der Waals surface area contributed by atoms with Crippen molar-refractivity contribution in [2.75, 3.05) is 6.54 Å². The Labute approximate surface area is 139 Å². The summed E-state index contributed by atoms with van der Waals surface area (Å²) < 4.78 is 9.43. The Balaban J connectivity index is 1.61. The molecule has 0 aliphatic carbocycles. The van der Waals surface area contributed by atoms with E-state index in [0.29, 0.717) is 18.8 Å². The molecule has 1 amide bonds. The third-order valence-corrected chi connectivity index (χ3v) is 4.42. The molecule has 7 heteroatoms. The Hall–Kier alpha value is -2.83. The van der Waals surface area contributed by atoms with Gasteiger partial charge in [-0.25, -0.2) is 4.98 Å². The average Bonchev–Trinajstić information content (AvgIpc) is 3.28. The number of hydrogen-bond acceptors (Lipinski definition) is 4. The van der Waals surface area contributed by atoms with Crippen LogP contribution >= 0.6 is 0 Å². The molecular weight excluding hydrogens is 306 g/mol. The average molecular weight is 325 g/mol. The lowest BCUT2D eigenvalue weighted by molar-refractivity contribution is 0.0679. The predicted molar refractivity (Wildman–Crippen MR) is 86.1 cm³/mol. The molecule has 0 bridgehead atoms. The zero-order valence-corrected chi connectivity index (χ0v) is 13.5. The number of fused-ring (bicyclic) bond motifs is 1. The summed E-state index contributed by atoms with van der Waals surface area (Å²) in [5.41, 5.74) is 0.858. The molecule has 0 radical (unpaired) electrons. The van der Waals surface area contributed by atoms with Gasteiger partial charge in [-0.1, -0.05) is 0 Å². The van der Waals surface area contributed by atoms with Crippen LogP contribution in [0, 0.1) is 12.8 Å². The quantitative estimate of drug-likeness (QED) is 0.738. The number of furan rings is 1. The summed E-state index contributed by atoms with van der Waals surface area (Å²) in [6.07, 6.45) is 9.03. The highest BCUT2D eigenvalue weighted by molar-refractivity contribution is 5.92. The van der Waals surface area contributed by atoms with Gasteiger partial charge >= 0.3 is 0 Å². The Morgan fingerprint density at radius 3 is 3.00 bits per heavy atom. The highest BCUT2D eigenvalue weighted by atomic mass is 16.3. The van der Waals surface area contributed by atoms with E-state index < -0.39 is 0 Å². The maximum absolute atomic E-state index is 12.9. The fraction of sp³-hybridized carbons (Fsp3) is 0.353. The van der Waals surface area contributed by atoms with Gasteiger partial charge in [0.25, 0.3) is 5.91 Å². The van der Waals surface area contributed by atoms with Crippen LogP contribution < -0.4 is 0 Å². The molecule has 0 N–H and O–H groups in total. The molecular formula is C17H19N5O2. The van der Waals surface area contributed by atoms with Crippen LogP contribution in [0.25, 0.3) is 0 Å². The Kier molecular flexibility index (Phi) is 3.68. The molecule has 124 valence electrons. The van der Waals surface area contributed by atoms with Crippen molar-refractivity contribution < 1.29 is 9.21 Å². The molecule has 4 heterocycles. The maximum Gasteiger partial charge on any atom is 0.290 e. The molecule has 1 aliphatic rings. The monoisotopic (exact) mass is 325 g/mol. The van der Waals surface area contributed by atoms with Crippen LogP contribution in [-0.4, -0.2) is 36.7 Å². The van der Waals surface area contributed by atoms with E-state index in [4.69, 9.17) is 4.42 Å². The Morgan fingerprint density at radius 2 is 2.25 bits per heavy atom. The minimum absolute atomic E-state index is 0.0839. The summed E-state index contributed by atoms with van der Waals surface area (Å²) >= 11 is 0. The van der Waals surface area contributed by atoms with Gasteiger partial charge in [-0.05, 0) is 19.1 Å². The molecule has 0 saturated carbocycles. The van der Waals surface area contributed by atoms with E-state index in [1.807, 2.05) is 41.0 Å². The summed E-state index contributed by atoms with van der Waals surface area (Å²) in [5, 5.41) is 4.29. The van der Waals surface area contributed by atoms with Gasteiger partial charge in [0.1, 0.15) is 5.82 Å². The highest BCUT2D eigenvalue weighted by Gasteiger charge is 2.28. The van der Waals surface area contributed by atoms with Crippen LogP contribution in [0.5, 0.6) is 0 Å². The standard InChI is InChI=1S/C17H19N5O2/c1-13-3-8-24-16(13)17(23)21-10-14(11-22-6-2-4-19-22)9-20-7-5-18-15(20)12-21/h2-8,14H,9-12H2,1H3/t14-/m0/s1. The second-order valence-electron chi connectivity index (χ2n) is 6.21. The fourth-order valence-electron chi connectivity index (χ4n) is 3.22. The van der Waals surface area contributed by atoms with E-state index >= 15 is 0 Å². The van der Waals surface area contributed by atoms with Crippen molar-refractivity contribution in [2.45, 2.75) is 26.6 Å². The number of rotatable bonds is 3. The van der Waals surface area contributed by atoms with Gasteiger partial charge in [-0.15, -0.1) is 0 Å². The lowest BCUT2D eigenvalue weighted by Crippen LogP contribution is -2.35.